The quantitative estimate of drug-likeness (QED) is 0.838. The molecule has 3 nitrogen and oxygen atoms in total. The Morgan fingerprint density at radius 1 is 1.10 bits per heavy atom. The highest BCUT2D eigenvalue weighted by atomic mass is 79.9. The minimum atomic E-state index is 0.643. The van der Waals surface area contributed by atoms with Gasteiger partial charge in [-0.25, -0.2) is 0 Å². The van der Waals surface area contributed by atoms with Crippen LogP contribution in [0.2, 0.25) is 0 Å². The lowest BCUT2D eigenvalue weighted by atomic mass is 10.2. The van der Waals surface area contributed by atoms with E-state index >= 15 is 0 Å². The van der Waals surface area contributed by atoms with E-state index in [1.165, 1.54) is 5.69 Å². The number of nitrogens with one attached hydrogen (secondary N) is 1. The van der Waals surface area contributed by atoms with Crippen molar-refractivity contribution in [3.8, 4) is 6.07 Å². The molecule has 4 heteroatoms. The molecule has 0 saturated heterocycles. The summed E-state index contributed by atoms with van der Waals surface area (Å²) in [5.74, 6) is 0. The average molecular weight is 344 g/mol. The van der Waals surface area contributed by atoms with Gasteiger partial charge in [-0.2, -0.15) is 5.26 Å². The summed E-state index contributed by atoms with van der Waals surface area (Å²) in [6.07, 6.45) is 0. The summed E-state index contributed by atoms with van der Waals surface area (Å²) in [4.78, 5) is 2.31. The van der Waals surface area contributed by atoms with E-state index in [-0.39, 0.29) is 0 Å². The SMILES string of the molecule is CCN(CC)c1ccc(Nc2ccc(C#N)cc2Br)cc1. The van der Waals surface area contributed by atoms with Crippen LogP contribution in [0.25, 0.3) is 0 Å². The van der Waals surface area contributed by atoms with Crippen LogP contribution in [-0.4, -0.2) is 13.1 Å². The van der Waals surface area contributed by atoms with Crippen LogP contribution in [0.4, 0.5) is 17.1 Å². The van der Waals surface area contributed by atoms with E-state index in [1.807, 2.05) is 12.1 Å². The van der Waals surface area contributed by atoms with Crippen LogP contribution >= 0.6 is 15.9 Å². The molecule has 0 bridgehead atoms. The molecule has 0 fully saturated rings. The van der Waals surface area contributed by atoms with Crippen LogP contribution in [0, 0.1) is 11.3 Å². The fourth-order valence-electron chi connectivity index (χ4n) is 2.19. The monoisotopic (exact) mass is 343 g/mol. The molecule has 0 aliphatic carbocycles. The van der Waals surface area contributed by atoms with Gasteiger partial charge in [-0.3, -0.25) is 0 Å². The van der Waals surface area contributed by atoms with Gasteiger partial charge in [0.15, 0.2) is 0 Å². The van der Waals surface area contributed by atoms with Gasteiger partial charge in [0.1, 0.15) is 0 Å². The Labute approximate surface area is 134 Å². The van der Waals surface area contributed by atoms with Crippen molar-refractivity contribution in [1.29, 1.82) is 5.26 Å². The molecule has 2 aromatic carbocycles. The molecular formula is C17H18BrN3. The zero-order valence-electron chi connectivity index (χ0n) is 12.2. The van der Waals surface area contributed by atoms with Crippen molar-refractivity contribution in [2.45, 2.75) is 13.8 Å². The summed E-state index contributed by atoms with van der Waals surface area (Å²) >= 11 is 3.48. The third-order valence-corrected chi connectivity index (χ3v) is 4.03. The predicted octanol–water partition coefficient (Wildman–Crippen LogP) is 4.91. The van der Waals surface area contributed by atoms with Crippen LogP contribution in [0.15, 0.2) is 46.9 Å². The second-order valence-electron chi connectivity index (χ2n) is 4.65. The lowest BCUT2D eigenvalue weighted by Crippen LogP contribution is -2.21. The fourth-order valence-corrected chi connectivity index (χ4v) is 2.66. The van der Waals surface area contributed by atoms with Gasteiger partial charge >= 0.3 is 0 Å². The summed E-state index contributed by atoms with van der Waals surface area (Å²) in [6.45, 7) is 6.32. The number of hydrogen-bond donors (Lipinski definition) is 1. The lowest BCUT2D eigenvalue weighted by Gasteiger charge is -2.21. The third kappa shape index (κ3) is 3.77. The molecule has 0 spiro atoms. The minimum Gasteiger partial charge on any atom is -0.372 e. The van der Waals surface area contributed by atoms with E-state index in [0.717, 1.165) is 28.9 Å². The molecule has 1 N–H and O–H groups in total. The van der Waals surface area contributed by atoms with Gasteiger partial charge in [0.2, 0.25) is 0 Å². The van der Waals surface area contributed by atoms with Crippen LogP contribution in [0.5, 0.6) is 0 Å². The molecule has 0 atom stereocenters. The fraction of sp³-hybridized carbons (Fsp3) is 0.235. The van der Waals surface area contributed by atoms with E-state index in [1.54, 1.807) is 6.07 Å². The number of anilines is 3. The predicted molar refractivity (Wildman–Crippen MR) is 92.1 cm³/mol. The molecule has 0 aromatic heterocycles. The molecule has 0 radical (unpaired) electrons. The molecule has 0 amide bonds. The normalized spacial score (nSPS) is 10.0. The highest BCUT2D eigenvalue weighted by molar-refractivity contribution is 9.10. The average Bonchev–Trinajstić information content (AvgIpc) is 2.52. The first-order chi connectivity index (χ1) is 10.2. The maximum atomic E-state index is 8.88. The van der Waals surface area contributed by atoms with E-state index in [2.05, 4.69) is 70.3 Å². The maximum absolute atomic E-state index is 8.88. The molecule has 21 heavy (non-hydrogen) atoms. The Kier molecular flexibility index (Phi) is 5.24. The van der Waals surface area contributed by atoms with Gasteiger partial charge in [-0.15, -0.1) is 0 Å². The van der Waals surface area contributed by atoms with Gasteiger partial charge in [-0.05, 0) is 72.2 Å². The number of rotatable bonds is 5. The zero-order valence-corrected chi connectivity index (χ0v) is 13.8. The Morgan fingerprint density at radius 3 is 2.29 bits per heavy atom. The highest BCUT2D eigenvalue weighted by Gasteiger charge is 2.04. The maximum Gasteiger partial charge on any atom is 0.0992 e. The summed E-state index contributed by atoms with van der Waals surface area (Å²) < 4.78 is 0.884. The summed E-state index contributed by atoms with van der Waals surface area (Å²) in [5, 5.41) is 12.2. The van der Waals surface area contributed by atoms with E-state index in [9.17, 15) is 0 Å². The Bertz CT molecular complexity index is 640. The van der Waals surface area contributed by atoms with Crippen LogP contribution in [0.1, 0.15) is 19.4 Å². The summed E-state index contributed by atoms with van der Waals surface area (Å²) in [6, 6.07) is 16.0. The largest absolute Gasteiger partial charge is 0.372 e. The molecule has 0 unspecified atom stereocenters. The highest BCUT2D eigenvalue weighted by Crippen LogP contribution is 2.27. The smallest absolute Gasteiger partial charge is 0.0992 e. The first-order valence-corrected chi connectivity index (χ1v) is 7.79. The lowest BCUT2D eigenvalue weighted by molar-refractivity contribution is 0.866. The molecular weight excluding hydrogens is 326 g/mol. The molecule has 2 rings (SSSR count). The van der Waals surface area contributed by atoms with Crippen molar-refractivity contribution in [1.82, 2.24) is 0 Å². The minimum absolute atomic E-state index is 0.643. The summed E-state index contributed by atoms with van der Waals surface area (Å²) in [7, 11) is 0. The van der Waals surface area contributed by atoms with Crippen molar-refractivity contribution in [3.05, 3.63) is 52.5 Å². The molecule has 0 aliphatic heterocycles. The molecule has 108 valence electrons. The Morgan fingerprint density at radius 2 is 1.76 bits per heavy atom. The zero-order chi connectivity index (χ0) is 15.2. The Balaban J connectivity index is 2.15. The second kappa shape index (κ2) is 7.14. The van der Waals surface area contributed by atoms with Crippen molar-refractivity contribution in [2.75, 3.05) is 23.3 Å². The van der Waals surface area contributed by atoms with Crippen LogP contribution in [-0.2, 0) is 0 Å². The molecule has 0 heterocycles. The van der Waals surface area contributed by atoms with Gasteiger partial charge in [0.25, 0.3) is 0 Å². The van der Waals surface area contributed by atoms with Crippen molar-refractivity contribution < 1.29 is 0 Å². The third-order valence-electron chi connectivity index (χ3n) is 3.37. The number of benzene rings is 2. The second-order valence-corrected chi connectivity index (χ2v) is 5.50. The van der Waals surface area contributed by atoms with E-state index in [0.29, 0.717) is 5.56 Å². The molecule has 0 saturated carbocycles. The van der Waals surface area contributed by atoms with E-state index < -0.39 is 0 Å². The number of halogens is 1. The van der Waals surface area contributed by atoms with Crippen molar-refractivity contribution in [2.24, 2.45) is 0 Å². The number of nitriles is 1. The van der Waals surface area contributed by atoms with Crippen LogP contribution < -0.4 is 10.2 Å². The Hall–Kier alpha value is -1.99. The van der Waals surface area contributed by atoms with Gasteiger partial charge in [0, 0.05) is 28.9 Å². The molecule has 0 aliphatic rings. The summed E-state index contributed by atoms with van der Waals surface area (Å²) in [5.41, 5.74) is 3.84. The van der Waals surface area contributed by atoms with Crippen molar-refractivity contribution >= 4 is 33.0 Å². The van der Waals surface area contributed by atoms with Crippen LogP contribution in [0.3, 0.4) is 0 Å². The van der Waals surface area contributed by atoms with Gasteiger partial charge < -0.3 is 10.2 Å². The standard InChI is InChI=1S/C17H18BrN3/c1-3-21(4-2)15-8-6-14(7-9-15)20-17-10-5-13(12-19)11-16(17)18/h5-11,20H,3-4H2,1-2H3. The van der Waals surface area contributed by atoms with Gasteiger partial charge in [0.05, 0.1) is 17.3 Å². The van der Waals surface area contributed by atoms with E-state index in [4.69, 9.17) is 5.26 Å². The topological polar surface area (TPSA) is 39.1 Å². The number of nitrogens with zero attached hydrogens (tertiary/aromatic N) is 2. The molecule has 2 aromatic rings. The first-order valence-electron chi connectivity index (χ1n) is 6.99. The number of hydrogen-bond acceptors (Lipinski definition) is 3. The van der Waals surface area contributed by atoms with Gasteiger partial charge in [-0.1, -0.05) is 0 Å². The van der Waals surface area contributed by atoms with Crippen molar-refractivity contribution in [3.63, 3.8) is 0 Å². The first kappa shape index (κ1) is 15.4.